The van der Waals surface area contributed by atoms with Crippen molar-refractivity contribution in [2.75, 3.05) is 30.0 Å². The second kappa shape index (κ2) is 7.28. The first-order chi connectivity index (χ1) is 11.4. The summed E-state index contributed by atoms with van der Waals surface area (Å²) in [6, 6.07) is 13.0. The third-order valence-corrected chi connectivity index (χ3v) is 3.23. The Hall–Kier alpha value is -3.35. The lowest BCUT2D eigenvalue weighted by molar-refractivity contribution is -0.135. The van der Waals surface area contributed by atoms with Gasteiger partial charge in [0.1, 0.15) is 0 Å². The van der Waals surface area contributed by atoms with Crippen molar-refractivity contribution >= 4 is 34.8 Å². The summed E-state index contributed by atoms with van der Waals surface area (Å²) in [6.45, 7) is 0. The molecule has 124 valence electrons. The maximum Gasteiger partial charge on any atom is 0.316 e. The summed E-state index contributed by atoms with van der Waals surface area (Å²) in [6.07, 6.45) is 0. The van der Waals surface area contributed by atoms with Crippen LogP contribution in [0.3, 0.4) is 0 Å². The molecule has 0 atom stereocenters. The molecule has 0 saturated carbocycles. The fourth-order valence-electron chi connectivity index (χ4n) is 1.92. The molecular formula is C17H18N4O3. The van der Waals surface area contributed by atoms with Crippen LogP contribution in [0.1, 0.15) is 10.4 Å². The molecular weight excluding hydrogens is 308 g/mol. The van der Waals surface area contributed by atoms with E-state index in [4.69, 9.17) is 5.73 Å². The van der Waals surface area contributed by atoms with E-state index in [1.807, 2.05) is 30.4 Å². The van der Waals surface area contributed by atoms with Crippen LogP contribution in [0.4, 0.5) is 17.1 Å². The number of hydrogen-bond acceptors (Lipinski definition) is 5. The van der Waals surface area contributed by atoms with E-state index in [-0.39, 0.29) is 5.56 Å². The summed E-state index contributed by atoms with van der Waals surface area (Å²) in [5, 5.41) is 4.48. The number of nitrogen functional groups attached to an aromatic ring is 1. The maximum atomic E-state index is 11.9. The highest BCUT2D eigenvalue weighted by molar-refractivity contribution is 6.42. The van der Waals surface area contributed by atoms with E-state index in [9.17, 15) is 14.4 Å². The highest BCUT2D eigenvalue weighted by Gasteiger charge is 2.18. The molecule has 24 heavy (non-hydrogen) atoms. The number of carbonyl (C=O) groups excluding carboxylic acids is 3. The topological polar surface area (TPSA) is 105 Å². The minimum atomic E-state index is -1.04. The summed E-state index contributed by atoms with van der Waals surface area (Å²) in [4.78, 5) is 37.5. The molecule has 0 unspecified atom stereocenters. The van der Waals surface area contributed by atoms with Gasteiger partial charge >= 0.3 is 11.8 Å². The van der Waals surface area contributed by atoms with Gasteiger partial charge in [-0.15, -0.1) is 0 Å². The van der Waals surface area contributed by atoms with E-state index in [1.165, 1.54) is 24.3 Å². The molecule has 4 N–H and O–H groups in total. The van der Waals surface area contributed by atoms with Gasteiger partial charge in [0, 0.05) is 36.7 Å². The predicted octanol–water partition coefficient (Wildman–Crippen LogP) is 1.23. The first kappa shape index (κ1) is 17.0. The third-order valence-electron chi connectivity index (χ3n) is 3.23. The molecule has 0 fully saturated rings. The molecule has 2 aromatic carbocycles. The molecule has 2 aromatic rings. The summed E-state index contributed by atoms with van der Waals surface area (Å²) in [5.41, 5.74) is 7.59. The molecule has 0 aliphatic rings. The van der Waals surface area contributed by atoms with Crippen LogP contribution >= 0.6 is 0 Å². The van der Waals surface area contributed by atoms with Crippen LogP contribution in [-0.2, 0) is 9.59 Å². The second-order valence-electron chi connectivity index (χ2n) is 5.30. The van der Waals surface area contributed by atoms with Crippen LogP contribution in [0, 0.1) is 0 Å². The zero-order chi connectivity index (χ0) is 17.7. The van der Waals surface area contributed by atoms with Gasteiger partial charge in [0.15, 0.2) is 0 Å². The Bertz CT molecular complexity index is 770. The van der Waals surface area contributed by atoms with Crippen molar-refractivity contribution in [3.63, 3.8) is 0 Å². The van der Waals surface area contributed by atoms with Gasteiger partial charge in [-0.05, 0) is 42.5 Å². The molecule has 0 aromatic heterocycles. The first-order valence-corrected chi connectivity index (χ1v) is 7.16. The molecule has 0 aliphatic carbocycles. The van der Waals surface area contributed by atoms with Crippen LogP contribution in [0.2, 0.25) is 0 Å². The fourth-order valence-corrected chi connectivity index (χ4v) is 1.92. The van der Waals surface area contributed by atoms with E-state index in [2.05, 4.69) is 5.32 Å². The summed E-state index contributed by atoms with van der Waals surface area (Å²) >= 11 is 0. The van der Waals surface area contributed by atoms with Gasteiger partial charge in [0.2, 0.25) is 0 Å². The van der Waals surface area contributed by atoms with Crippen molar-refractivity contribution in [1.82, 2.24) is 5.32 Å². The Morgan fingerprint density at radius 2 is 1.62 bits per heavy atom. The van der Waals surface area contributed by atoms with Crippen LogP contribution in [0.25, 0.3) is 0 Å². The average molecular weight is 326 g/mol. The number of anilines is 3. The smallest absolute Gasteiger partial charge is 0.316 e. The second-order valence-corrected chi connectivity index (χ2v) is 5.30. The van der Waals surface area contributed by atoms with E-state index in [0.29, 0.717) is 11.4 Å². The van der Waals surface area contributed by atoms with Gasteiger partial charge in [-0.3, -0.25) is 19.7 Å². The Kier molecular flexibility index (Phi) is 5.16. The molecule has 0 bridgehead atoms. The zero-order valence-corrected chi connectivity index (χ0v) is 13.4. The zero-order valence-electron chi connectivity index (χ0n) is 13.4. The van der Waals surface area contributed by atoms with Crippen LogP contribution in [-0.4, -0.2) is 31.8 Å². The van der Waals surface area contributed by atoms with E-state index < -0.39 is 17.7 Å². The van der Waals surface area contributed by atoms with Gasteiger partial charge in [0.05, 0.1) is 0 Å². The quantitative estimate of drug-likeness (QED) is 0.581. The molecule has 0 radical (unpaired) electrons. The predicted molar refractivity (Wildman–Crippen MR) is 92.7 cm³/mol. The molecule has 0 spiro atoms. The molecule has 7 heteroatoms. The number of amides is 3. The van der Waals surface area contributed by atoms with E-state index >= 15 is 0 Å². The Labute approximate surface area is 139 Å². The maximum absolute atomic E-state index is 11.9. The van der Waals surface area contributed by atoms with Crippen LogP contribution in [0.15, 0.2) is 48.5 Å². The van der Waals surface area contributed by atoms with Crippen LogP contribution < -0.4 is 21.3 Å². The first-order valence-electron chi connectivity index (χ1n) is 7.16. The van der Waals surface area contributed by atoms with Gasteiger partial charge < -0.3 is 16.0 Å². The number of imide groups is 1. The monoisotopic (exact) mass is 326 g/mol. The Morgan fingerprint density at radius 1 is 0.958 bits per heavy atom. The molecule has 0 aliphatic heterocycles. The molecule has 0 heterocycles. The molecule has 7 nitrogen and oxygen atoms in total. The van der Waals surface area contributed by atoms with E-state index in [0.717, 1.165) is 5.69 Å². The van der Waals surface area contributed by atoms with Crippen LogP contribution in [0.5, 0.6) is 0 Å². The number of nitrogens with zero attached hydrogens (tertiary/aromatic N) is 1. The fraction of sp³-hybridized carbons (Fsp3) is 0.118. The van der Waals surface area contributed by atoms with Crippen molar-refractivity contribution in [2.45, 2.75) is 0 Å². The van der Waals surface area contributed by atoms with Crippen molar-refractivity contribution in [3.05, 3.63) is 54.1 Å². The lowest BCUT2D eigenvalue weighted by atomic mass is 10.2. The Morgan fingerprint density at radius 3 is 2.25 bits per heavy atom. The number of hydrogen-bond donors (Lipinski definition) is 3. The van der Waals surface area contributed by atoms with Crippen molar-refractivity contribution in [3.8, 4) is 0 Å². The number of benzene rings is 2. The van der Waals surface area contributed by atoms with Gasteiger partial charge in [0.25, 0.3) is 5.91 Å². The number of nitrogens with one attached hydrogen (secondary N) is 2. The van der Waals surface area contributed by atoms with Gasteiger partial charge in [-0.25, -0.2) is 0 Å². The van der Waals surface area contributed by atoms with Crippen molar-refractivity contribution < 1.29 is 14.4 Å². The largest absolute Gasteiger partial charge is 0.399 e. The summed E-state index contributed by atoms with van der Waals surface area (Å²) < 4.78 is 0. The minimum absolute atomic E-state index is 0.236. The van der Waals surface area contributed by atoms with Gasteiger partial charge in [-0.1, -0.05) is 6.07 Å². The normalized spacial score (nSPS) is 9.92. The number of carbonyl (C=O) groups is 3. The average Bonchev–Trinajstić information content (AvgIpc) is 2.55. The molecule has 2 rings (SSSR count). The number of nitrogens with two attached hydrogens (primary N) is 1. The lowest BCUT2D eigenvalue weighted by Crippen LogP contribution is -2.39. The SMILES string of the molecule is CN(C)c1cccc(NC(=O)C(=O)NC(=O)c2ccc(N)cc2)c1. The summed E-state index contributed by atoms with van der Waals surface area (Å²) in [5.74, 6) is -2.63. The molecule has 3 amide bonds. The third kappa shape index (κ3) is 4.33. The van der Waals surface area contributed by atoms with Crippen molar-refractivity contribution in [1.29, 1.82) is 0 Å². The van der Waals surface area contributed by atoms with E-state index in [1.54, 1.807) is 18.2 Å². The lowest BCUT2D eigenvalue weighted by Gasteiger charge is -2.13. The number of rotatable bonds is 3. The summed E-state index contributed by atoms with van der Waals surface area (Å²) in [7, 11) is 3.72. The minimum Gasteiger partial charge on any atom is -0.399 e. The highest BCUT2D eigenvalue weighted by Crippen LogP contribution is 2.17. The standard InChI is InChI=1S/C17H18N4O3/c1-21(2)14-5-3-4-13(10-14)19-16(23)17(24)20-15(22)11-6-8-12(18)9-7-11/h3-10H,18H2,1-2H3,(H,19,23)(H,20,22,24). The van der Waals surface area contributed by atoms with Crippen molar-refractivity contribution in [2.24, 2.45) is 0 Å². The highest BCUT2D eigenvalue weighted by atomic mass is 16.2. The van der Waals surface area contributed by atoms with Gasteiger partial charge in [-0.2, -0.15) is 0 Å². The molecule has 0 saturated heterocycles. The Balaban J connectivity index is 1.99.